The van der Waals surface area contributed by atoms with Crippen LogP contribution in [-0.2, 0) is 0 Å². The van der Waals surface area contributed by atoms with Gasteiger partial charge in [-0.3, -0.25) is 0 Å². The van der Waals surface area contributed by atoms with Crippen molar-refractivity contribution in [2.24, 2.45) is 5.92 Å². The summed E-state index contributed by atoms with van der Waals surface area (Å²) in [4.78, 5) is 0. The third-order valence-corrected chi connectivity index (χ3v) is 2.60. The molecule has 12 heavy (non-hydrogen) atoms. The van der Waals surface area contributed by atoms with Crippen LogP contribution in [0.2, 0.25) is 0 Å². The van der Waals surface area contributed by atoms with Crippen molar-refractivity contribution in [3.63, 3.8) is 0 Å². The molecule has 70 valence electrons. The predicted molar refractivity (Wildman–Crippen MR) is 52.0 cm³/mol. The molecule has 1 aliphatic rings. The van der Waals surface area contributed by atoms with Gasteiger partial charge in [-0.15, -0.1) is 0 Å². The fourth-order valence-electron chi connectivity index (χ4n) is 1.84. The van der Waals surface area contributed by atoms with Gasteiger partial charge < -0.3 is 5.11 Å². The largest absolute Gasteiger partial charge is 0.393 e. The third-order valence-electron chi connectivity index (χ3n) is 2.60. The maximum absolute atomic E-state index is 9.28. The van der Waals surface area contributed by atoms with Gasteiger partial charge in [-0.2, -0.15) is 0 Å². The Kier molecular flexibility index (Phi) is 4.37. The summed E-state index contributed by atoms with van der Waals surface area (Å²) in [5.41, 5.74) is 0. The Balaban J connectivity index is 2.07. The van der Waals surface area contributed by atoms with Crippen molar-refractivity contribution in [2.45, 2.75) is 51.6 Å². The fourth-order valence-corrected chi connectivity index (χ4v) is 1.84. The van der Waals surface area contributed by atoms with Crippen molar-refractivity contribution in [3.05, 3.63) is 12.2 Å². The molecular formula is C11H20O. The molecule has 0 bridgehead atoms. The Morgan fingerprint density at radius 2 is 2.17 bits per heavy atom. The highest BCUT2D eigenvalue weighted by Gasteiger charge is 2.20. The number of aliphatic hydroxyl groups excluding tert-OH is 1. The average molecular weight is 168 g/mol. The highest BCUT2D eigenvalue weighted by atomic mass is 16.3. The average Bonchev–Trinajstić information content (AvgIpc) is 2.45. The number of hydrogen-bond donors (Lipinski definition) is 1. The van der Waals surface area contributed by atoms with Crippen LogP contribution in [-0.4, -0.2) is 11.2 Å². The van der Waals surface area contributed by atoms with Gasteiger partial charge in [0.25, 0.3) is 0 Å². The Hall–Kier alpha value is -0.300. The zero-order chi connectivity index (χ0) is 8.81. The standard InChI is InChI=1S/C11H20O/c1-2-3-4-5-6-10-7-8-11(12)9-10/h4-5,10-12H,2-3,6-9H2,1H3/b5-4+. The first-order valence-corrected chi connectivity index (χ1v) is 5.16. The van der Waals surface area contributed by atoms with E-state index in [0.717, 1.165) is 18.8 Å². The number of rotatable bonds is 4. The van der Waals surface area contributed by atoms with Gasteiger partial charge in [0, 0.05) is 0 Å². The van der Waals surface area contributed by atoms with Gasteiger partial charge in [-0.05, 0) is 38.0 Å². The van der Waals surface area contributed by atoms with Gasteiger partial charge in [0.2, 0.25) is 0 Å². The minimum atomic E-state index is -0.00502. The van der Waals surface area contributed by atoms with Crippen molar-refractivity contribution >= 4 is 0 Å². The highest BCUT2D eigenvalue weighted by molar-refractivity contribution is 4.86. The normalized spacial score (nSPS) is 30.2. The Morgan fingerprint density at radius 1 is 1.33 bits per heavy atom. The molecule has 0 radical (unpaired) electrons. The van der Waals surface area contributed by atoms with Crippen molar-refractivity contribution in [3.8, 4) is 0 Å². The molecule has 2 unspecified atom stereocenters. The smallest absolute Gasteiger partial charge is 0.0543 e. The fraction of sp³-hybridized carbons (Fsp3) is 0.818. The van der Waals surface area contributed by atoms with Crippen LogP contribution in [0, 0.1) is 5.92 Å². The first kappa shape index (κ1) is 9.79. The molecule has 1 fully saturated rings. The van der Waals surface area contributed by atoms with Crippen LogP contribution in [0.1, 0.15) is 45.4 Å². The lowest BCUT2D eigenvalue weighted by Gasteiger charge is -2.03. The van der Waals surface area contributed by atoms with E-state index in [2.05, 4.69) is 19.1 Å². The van der Waals surface area contributed by atoms with Crippen LogP contribution in [0.4, 0.5) is 0 Å². The molecule has 1 saturated carbocycles. The quantitative estimate of drug-likeness (QED) is 0.640. The SMILES string of the molecule is CCC/C=C/CC1CCC(O)C1. The maximum atomic E-state index is 9.28. The minimum Gasteiger partial charge on any atom is -0.393 e. The van der Waals surface area contributed by atoms with Gasteiger partial charge in [-0.1, -0.05) is 25.5 Å². The van der Waals surface area contributed by atoms with Crippen molar-refractivity contribution in [2.75, 3.05) is 0 Å². The second-order valence-corrected chi connectivity index (χ2v) is 3.83. The molecule has 1 rings (SSSR count). The lowest BCUT2D eigenvalue weighted by atomic mass is 10.0. The number of hydrogen-bond acceptors (Lipinski definition) is 1. The Morgan fingerprint density at radius 3 is 2.75 bits per heavy atom. The summed E-state index contributed by atoms with van der Waals surface area (Å²) in [6.07, 6.45) is 11.4. The molecule has 1 N–H and O–H groups in total. The van der Waals surface area contributed by atoms with Crippen LogP contribution in [0.3, 0.4) is 0 Å². The van der Waals surface area contributed by atoms with E-state index >= 15 is 0 Å². The molecule has 0 aromatic heterocycles. The second-order valence-electron chi connectivity index (χ2n) is 3.83. The van der Waals surface area contributed by atoms with Gasteiger partial charge in [-0.25, -0.2) is 0 Å². The van der Waals surface area contributed by atoms with Gasteiger partial charge in [0.15, 0.2) is 0 Å². The first-order valence-electron chi connectivity index (χ1n) is 5.16. The summed E-state index contributed by atoms with van der Waals surface area (Å²) in [7, 11) is 0. The molecule has 2 atom stereocenters. The Bertz CT molecular complexity index is 140. The van der Waals surface area contributed by atoms with Gasteiger partial charge in [0.05, 0.1) is 6.10 Å². The molecule has 0 aromatic carbocycles. The molecule has 0 spiro atoms. The van der Waals surface area contributed by atoms with E-state index in [1.54, 1.807) is 0 Å². The first-order chi connectivity index (χ1) is 5.83. The molecule has 0 saturated heterocycles. The highest BCUT2D eigenvalue weighted by Crippen LogP contribution is 2.28. The monoisotopic (exact) mass is 168 g/mol. The van der Waals surface area contributed by atoms with E-state index in [1.165, 1.54) is 25.7 Å². The maximum Gasteiger partial charge on any atom is 0.0543 e. The Labute approximate surface area is 75.5 Å². The van der Waals surface area contributed by atoms with E-state index in [9.17, 15) is 5.11 Å². The van der Waals surface area contributed by atoms with E-state index in [0.29, 0.717) is 0 Å². The van der Waals surface area contributed by atoms with Crippen LogP contribution < -0.4 is 0 Å². The van der Waals surface area contributed by atoms with Crippen molar-refractivity contribution in [1.29, 1.82) is 0 Å². The summed E-state index contributed by atoms with van der Waals surface area (Å²) < 4.78 is 0. The van der Waals surface area contributed by atoms with E-state index in [-0.39, 0.29) is 6.10 Å². The van der Waals surface area contributed by atoms with Crippen LogP contribution >= 0.6 is 0 Å². The van der Waals surface area contributed by atoms with E-state index in [1.807, 2.05) is 0 Å². The molecule has 0 heterocycles. The molecule has 1 aliphatic carbocycles. The third kappa shape index (κ3) is 3.40. The number of aliphatic hydroxyl groups is 1. The summed E-state index contributed by atoms with van der Waals surface area (Å²) in [6.45, 7) is 2.20. The lowest BCUT2D eigenvalue weighted by molar-refractivity contribution is 0.178. The predicted octanol–water partition coefficient (Wildman–Crippen LogP) is 2.89. The summed E-state index contributed by atoms with van der Waals surface area (Å²) in [6, 6.07) is 0. The lowest BCUT2D eigenvalue weighted by Crippen LogP contribution is -1.99. The second kappa shape index (κ2) is 5.36. The van der Waals surface area contributed by atoms with Crippen molar-refractivity contribution < 1.29 is 5.11 Å². The molecule has 0 amide bonds. The van der Waals surface area contributed by atoms with E-state index in [4.69, 9.17) is 0 Å². The zero-order valence-corrected chi connectivity index (χ0v) is 8.00. The number of unbranched alkanes of at least 4 members (excludes halogenated alkanes) is 1. The van der Waals surface area contributed by atoms with Crippen LogP contribution in [0.5, 0.6) is 0 Å². The molecule has 0 aromatic rings. The number of allylic oxidation sites excluding steroid dienone is 2. The summed E-state index contributed by atoms with van der Waals surface area (Å²) in [5.74, 6) is 0.758. The summed E-state index contributed by atoms with van der Waals surface area (Å²) in [5, 5.41) is 9.28. The topological polar surface area (TPSA) is 20.2 Å². The molecule has 0 aliphatic heterocycles. The van der Waals surface area contributed by atoms with Crippen LogP contribution in [0.25, 0.3) is 0 Å². The molecule has 1 heteroatoms. The molecule has 1 nitrogen and oxygen atoms in total. The minimum absolute atomic E-state index is 0.00502. The van der Waals surface area contributed by atoms with E-state index < -0.39 is 0 Å². The zero-order valence-electron chi connectivity index (χ0n) is 8.00. The van der Waals surface area contributed by atoms with Crippen LogP contribution in [0.15, 0.2) is 12.2 Å². The molecular weight excluding hydrogens is 148 g/mol. The van der Waals surface area contributed by atoms with Crippen molar-refractivity contribution in [1.82, 2.24) is 0 Å². The summed E-state index contributed by atoms with van der Waals surface area (Å²) >= 11 is 0. The van der Waals surface area contributed by atoms with Gasteiger partial charge in [0.1, 0.15) is 0 Å². The van der Waals surface area contributed by atoms with Gasteiger partial charge >= 0.3 is 0 Å².